The average molecular weight is 254 g/mol. The van der Waals surface area contributed by atoms with Gasteiger partial charge in [0.05, 0.1) is 27.0 Å². The summed E-state index contributed by atoms with van der Waals surface area (Å²) in [5.74, 6) is 0.169. The maximum absolute atomic E-state index is 11.3. The minimum absolute atomic E-state index is 0.304. The molecule has 1 heterocycles. The number of rotatable bonds is 6. The molecule has 0 spiro atoms. The summed E-state index contributed by atoms with van der Waals surface area (Å²) in [5, 5.41) is 1.66. The van der Waals surface area contributed by atoms with Gasteiger partial charge < -0.3 is 14.3 Å². The summed E-state index contributed by atoms with van der Waals surface area (Å²) >= 11 is 0. The van der Waals surface area contributed by atoms with Gasteiger partial charge in [0.1, 0.15) is 12.4 Å². The molecule has 0 amide bonds. The van der Waals surface area contributed by atoms with Crippen LogP contribution in [0.1, 0.15) is 16.1 Å². The van der Waals surface area contributed by atoms with E-state index in [1.165, 1.54) is 13.3 Å². The number of aromatic nitrogens is 1. The normalized spacial score (nSPS) is 10.5. The molecule has 0 saturated carbocycles. The number of methoxy groups -OCH3 is 1. The van der Waals surface area contributed by atoms with Gasteiger partial charge in [-0.2, -0.15) is 5.06 Å². The summed E-state index contributed by atoms with van der Waals surface area (Å²) < 4.78 is 10.1. The van der Waals surface area contributed by atoms with Crippen molar-refractivity contribution in [3.63, 3.8) is 0 Å². The van der Waals surface area contributed by atoms with Gasteiger partial charge in [-0.1, -0.05) is 0 Å². The molecular weight excluding hydrogens is 236 g/mol. The van der Waals surface area contributed by atoms with Gasteiger partial charge in [-0.15, -0.1) is 0 Å². The van der Waals surface area contributed by atoms with E-state index in [0.717, 1.165) is 5.56 Å². The smallest absolute Gasteiger partial charge is 0.356 e. The number of nitrogens with zero attached hydrogens (tertiary/aromatic N) is 2. The SMILES string of the molecule is COC(=O)c1ncc(OCCN(C)OC)cc1C. The third kappa shape index (κ3) is 3.97. The highest BCUT2D eigenvalue weighted by Gasteiger charge is 2.11. The first kappa shape index (κ1) is 14.4. The first-order valence-corrected chi connectivity index (χ1v) is 5.51. The number of aryl methyl sites for hydroxylation is 1. The quantitative estimate of drug-likeness (QED) is 0.558. The number of likely N-dealkylation sites (N-methyl/N-ethyl adjacent to an activating group) is 1. The van der Waals surface area contributed by atoms with Crippen LogP contribution in [0.3, 0.4) is 0 Å². The highest BCUT2D eigenvalue weighted by Crippen LogP contribution is 2.15. The summed E-state index contributed by atoms with van der Waals surface area (Å²) in [4.78, 5) is 20.3. The molecule has 0 fully saturated rings. The maximum atomic E-state index is 11.3. The zero-order valence-corrected chi connectivity index (χ0v) is 11.1. The second kappa shape index (κ2) is 6.93. The van der Waals surface area contributed by atoms with E-state index in [9.17, 15) is 4.79 Å². The van der Waals surface area contributed by atoms with E-state index >= 15 is 0 Å². The van der Waals surface area contributed by atoms with Crippen LogP contribution in [0.2, 0.25) is 0 Å². The first-order chi connectivity index (χ1) is 8.58. The Bertz CT molecular complexity index is 409. The third-order valence-electron chi connectivity index (χ3n) is 2.42. The fraction of sp³-hybridized carbons (Fsp3) is 0.500. The van der Waals surface area contributed by atoms with Crippen LogP contribution in [-0.4, -0.2) is 50.4 Å². The minimum Gasteiger partial charge on any atom is -0.491 e. The highest BCUT2D eigenvalue weighted by molar-refractivity contribution is 5.88. The van der Waals surface area contributed by atoms with E-state index in [4.69, 9.17) is 9.57 Å². The molecule has 0 aromatic carbocycles. The lowest BCUT2D eigenvalue weighted by molar-refractivity contribution is -0.113. The molecule has 0 radical (unpaired) electrons. The molecule has 0 atom stereocenters. The van der Waals surface area contributed by atoms with Crippen molar-refractivity contribution < 1.29 is 19.1 Å². The number of pyridine rings is 1. The van der Waals surface area contributed by atoms with E-state index in [-0.39, 0.29) is 0 Å². The van der Waals surface area contributed by atoms with Crippen LogP contribution in [-0.2, 0) is 9.57 Å². The maximum Gasteiger partial charge on any atom is 0.356 e. The number of hydrogen-bond acceptors (Lipinski definition) is 6. The van der Waals surface area contributed by atoms with Gasteiger partial charge in [-0.25, -0.2) is 9.78 Å². The Morgan fingerprint density at radius 1 is 1.44 bits per heavy atom. The average Bonchev–Trinajstić information content (AvgIpc) is 2.37. The van der Waals surface area contributed by atoms with Gasteiger partial charge in [0.2, 0.25) is 0 Å². The molecule has 0 saturated heterocycles. The predicted molar refractivity (Wildman–Crippen MR) is 65.4 cm³/mol. The van der Waals surface area contributed by atoms with Crippen molar-refractivity contribution in [3.05, 3.63) is 23.5 Å². The predicted octanol–water partition coefficient (Wildman–Crippen LogP) is 1.05. The van der Waals surface area contributed by atoms with Gasteiger partial charge in [0, 0.05) is 7.05 Å². The zero-order chi connectivity index (χ0) is 13.5. The fourth-order valence-electron chi connectivity index (χ4n) is 1.32. The van der Waals surface area contributed by atoms with E-state index in [1.807, 2.05) is 7.05 Å². The Labute approximate surface area is 106 Å². The molecule has 1 aromatic rings. The number of carbonyl (C=O) groups is 1. The van der Waals surface area contributed by atoms with Crippen LogP contribution < -0.4 is 4.74 Å². The summed E-state index contributed by atoms with van der Waals surface area (Å²) in [6, 6.07) is 1.76. The minimum atomic E-state index is -0.446. The molecule has 1 rings (SSSR count). The Hall–Kier alpha value is -1.66. The van der Waals surface area contributed by atoms with Crippen molar-refractivity contribution in [2.75, 3.05) is 34.4 Å². The molecule has 1 aromatic heterocycles. The molecule has 0 unspecified atom stereocenters. The lowest BCUT2D eigenvalue weighted by Crippen LogP contribution is -2.23. The fourth-order valence-corrected chi connectivity index (χ4v) is 1.32. The monoisotopic (exact) mass is 254 g/mol. The highest BCUT2D eigenvalue weighted by atomic mass is 16.7. The van der Waals surface area contributed by atoms with Crippen LogP contribution >= 0.6 is 0 Å². The summed E-state index contributed by atoms with van der Waals surface area (Å²) in [6.45, 7) is 2.89. The van der Waals surface area contributed by atoms with E-state index in [2.05, 4.69) is 9.72 Å². The Morgan fingerprint density at radius 3 is 2.72 bits per heavy atom. The van der Waals surface area contributed by atoms with Crippen molar-refractivity contribution in [3.8, 4) is 5.75 Å². The number of ether oxygens (including phenoxy) is 2. The van der Waals surface area contributed by atoms with Gasteiger partial charge >= 0.3 is 5.97 Å². The van der Waals surface area contributed by atoms with Crippen LogP contribution in [0.15, 0.2) is 12.3 Å². The van der Waals surface area contributed by atoms with Gasteiger partial charge in [0.25, 0.3) is 0 Å². The topological polar surface area (TPSA) is 60.9 Å². The van der Waals surface area contributed by atoms with E-state index in [1.54, 1.807) is 25.2 Å². The van der Waals surface area contributed by atoms with E-state index in [0.29, 0.717) is 24.6 Å². The van der Waals surface area contributed by atoms with E-state index < -0.39 is 5.97 Å². The lowest BCUT2D eigenvalue weighted by Gasteiger charge is -2.14. The standard InChI is InChI=1S/C12H18N2O4/c1-9-7-10(18-6-5-14(2)17-4)8-13-11(9)12(15)16-3/h7-8H,5-6H2,1-4H3. The second-order valence-corrected chi connectivity index (χ2v) is 3.71. The second-order valence-electron chi connectivity index (χ2n) is 3.71. The molecule has 18 heavy (non-hydrogen) atoms. The largest absolute Gasteiger partial charge is 0.491 e. The summed E-state index contributed by atoms with van der Waals surface area (Å²) in [6.07, 6.45) is 1.51. The Morgan fingerprint density at radius 2 is 2.17 bits per heavy atom. The summed E-state index contributed by atoms with van der Waals surface area (Å²) in [7, 11) is 4.73. The molecule has 0 aliphatic carbocycles. The molecular formula is C12H18N2O4. The third-order valence-corrected chi connectivity index (χ3v) is 2.42. The molecule has 0 aliphatic rings. The van der Waals surface area contributed by atoms with Gasteiger partial charge in [-0.3, -0.25) is 0 Å². The Kier molecular flexibility index (Phi) is 5.54. The van der Waals surface area contributed by atoms with Crippen molar-refractivity contribution in [2.24, 2.45) is 0 Å². The van der Waals surface area contributed by atoms with Gasteiger partial charge in [0.15, 0.2) is 5.69 Å². The van der Waals surface area contributed by atoms with Crippen LogP contribution in [0.5, 0.6) is 5.75 Å². The van der Waals surface area contributed by atoms with Crippen molar-refractivity contribution >= 4 is 5.97 Å². The van der Waals surface area contributed by atoms with Gasteiger partial charge in [-0.05, 0) is 18.6 Å². The van der Waals surface area contributed by atoms with Crippen LogP contribution in [0, 0.1) is 6.92 Å². The molecule has 0 N–H and O–H groups in total. The summed E-state index contributed by atoms with van der Waals surface area (Å²) in [5.41, 5.74) is 1.03. The zero-order valence-electron chi connectivity index (χ0n) is 11.1. The van der Waals surface area contributed by atoms with Crippen LogP contribution in [0.4, 0.5) is 0 Å². The molecule has 100 valence electrons. The van der Waals surface area contributed by atoms with Crippen molar-refractivity contribution in [1.82, 2.24) is 10.0 Å². The molecule has 6 nitrogen and oxygen atoms in total. The number of esters is 1. The van der Waals surface area contributed by atoms with Crippen molar-refractivity contribution in [2.45, 2.75) is 6.92 Å². The number of hydroxylamine groups is 2. The molecule has 0 aliphatic heterocycles. The molecule has 0 bridgehead atoms. The Balaban J connectivity index is 2.59. The molecule has 6 heteroatoms. The van der Waals surface area contributed by atoms with Crippen molar-refractivity contribution in [1.29, 1.82) is 0 Å². The number of hydrogen-bond donors (Lipinski definition) is 0. The first-order valence-electron chi connectivity index (χ1n) is 5.51. The van der Waals surface area contributed by atoms with Crippen LogP contribution in [0.25, 0.3) is 0 Å². The number of carbonyl (C=O) groups excluding carboxylic acids is 1. The lowest BCUT2D eigenvalue weighted by atomic mass is 10.2.